The summed E-state index contributed by atoms with van der Waals surface area (Å²) in [5.41, 5.74) is 5.55. The van der Waals surface area contributed by atoms with E-state index in [1.807, 2.05) is 23.1 Å². The van der Waals surface area contributed by atoms with Gasteiger partial charge in [0, 0.05) is 31.5 Å². The van der Waals surface area contributed by atoms with Crippen LogP contribution in [0.25, 0.3) is 0 Å². The van der Waals surface area contributed by atoms with Crippen LogP contribution >= 0.6 is 0 Å². The second kappa shape index (κ2) is 7.85. The summed E-state index contributed by atoms with van der Waals surface area (Å²) < 4.78 is 0. The number of benzene rings is 2. The topological polar surface area (TPSA) is 36.4 Å². The van der Waals surface area contributed by atoms with Crippen molar-refractivity contribution in [2.24, 2.45) is 0 Å². The molecule has 1 aromatic heterocycles. The van der Waals surface area contributed by atoms with E-state index in [1.54, 1.807) is 6.20 Å². The van der Waals surface area contributed by atoms with Crippen molar-refractivity contribution in [3.8, 4) is 0 Å². The quantitative estimate of drug-likeness (QED) is 0.664. The lowest BCUT2D eigenvalue weighted by Gasteiger charge is -2.29. The molecule has 0 N–H and O–H groups in total. The lowest BCUT2D eigenvalue weighted by molar-refractivity contribution is 0.0734. The molecule has 4 nitrogen and oxygen atoms in total. The maximum atomic E-state index is 12.9. The number of anilines is 2. The van der Waals surface area contributed by atoms with Crippen LogP contribution in [0.5, 0.6) is 0 Å². The average molecular weight is 371 g/mol. The Kier molecular flexibility index (Phi) is 5.11. The molecule has 4 rings (SSSR count). The van der Waals surface area contributed by atoms with E-state index in [9.17, 15) is 4.79 Å². The van der Waals surface area contributed by atoms with E-state index in [0.29, 0.717) is 12.1 Å². The molecule has 0 spiro atoms. The highest BCUT2D eigenvalue weighted by atomic mass is 16.2. The number of rotatable bonds is 4. The van der Waals surface area contributed by atoms with E-state index in [2.05, 4.69) is 66.2 Å². The maximum Gasteiger partial charge on any atom is 0.255 e. The number of hydrogen-bond donors (Lipinski definition) is 0. The molecule has 2 aromatic carbocycles. The normalized spacial score (nSPS) is 13.1. The van der Waals surface area contributed by atoms with Gasteiger partial charge in [-0.25, -0.2) is 4.98 Å². The second-order valence-electron chi connectivity index (χ2n) is 7.23. The number of carbonyl (C=O) groups is 1. The Balaban J connectivity index is 1.52. The van der Waals surface area contributed by atoms with Crippen molar-refractivity contribution in [1.82, 2.24) is 9.88 Å². The molecule has 0 saturated heterocycles. The molecule has 0 saturated carbocycles. The minimum absolute atomic E-state index is 0.0483. The van der Waals surface area contributed by atoms with Gasteiger partial charge in [-0.2, -0.15) is 0 Å². The molecule has 0 atom stereocenters. The first-order chi connectivity index (χ1) is 13.7. The summed E-state index contributed by atoms with van der Waals surface area (Å²) in [5, 5.41) is 0. The van der Waals surface area contributed by atoms with Crippen LogP contribution in [0, 0.1) is 6.92 Å². The molecular formula is C24H25N3O. The van der Waals surface area contributed by atoms with E-state index >= 15 is 0 Å². The number of carbonyl (C=O) groups excluding carboxylic acids is 1. The maximum absolute atomic E-state index is 12.9. The van der Waals surface area contributed by atoms with Gasteiger partial charge in [0.05, 0.1) is 5.56 Å². The number of amides is 1. The minimum Gasteiger partial charge on any atom is -0.334 e. The van der Waals surface area contributed by atoms with Gasteiger partial charge in [-0.3, -0.25) is 4.79 Å². The Labute approximate surface area is 166 Å². The second-order valence-corrected chi connectivity index (χ2v) is 7.23. The molecule has 0 radical (unpaired) electrons. The van der Waals surface area contributed by atoms with Crippen molar-refractivity contribution in [2.45, 2.75) is 26.8 Å². The summed E-state index contributed by atoms with van der Waals surface area (Å²) >= 11 is 0. The number of aryl methyl sites for hydroxylation is 1. The van der Waals surface area contributed by atoms with Gasteiger partial charge < -0.3 is 9.80 Å². The Hall–Kier alpha value is -3.14. The Bertz CT molecular complexity index is 981. The summed E-state index contributed by atoms with van der Waals surface area (Å²) in [4.78, 5) is 21.6. The van der Waals surface area contributed by atoms with Gasteiger partial charge in [-0.1, -0.05) is 36.4 Å². The molecule has 3 aromatic rings. The first-order valence-corrected chi connectivity index (χ1v) is 9.82. The largest absolute Gasteiger partial charge is 0.334 e. The highest BCUT2D eigenvalue weighted by Crippen LogP contribution is 2.25. The summed E-state index contributed by atoms with van der Waals surface area (Å²) in [6, 6.07) is 20.6. The molecule has 2 heterocycles. The van der Waals surface area contributed by atoms with Gasteiger partial charge in [-0.15, -0.1) is 0 Å². The van der Waals surface area contributed by atoms with Crippen LogP contribution in [0.4, 0.5) is 11.5 Å². The lowest BCUT2D eigenvalue weighted by atomic mass is 9.99. The van der Waals surface area contributed by atoms with E-state index in [4.69, 9.17) is 0 Å². The SMILES string of the molecule is CCN(c1cccc(C)c1)c1ccc(C(=O)N2CCc3ccccc3C2)cn1. The summed E-state index contributed by atoms with van der Waals surface area (Å²) in [6.45, 7) is 6.42. The number of nitrogens with zero attached hydrogens (tertiary/aromatic N) is 3. The van der Waals surface area contributed by atoms with Crippen LogP contribution in [0.3, 0.4) is 0 Å². The van der Waals surface area contributed by atoms with Crippen molar-refractivity contribution >= 4 is 17.4 Å². The third-order valence-electron chi connectivity index (χ3n) is 5.32. The molecule has 0 bridgehead atoms. The molecule has 0 aliphatic carbocycles. The molecule has 4 heteroatoms. The third-order valence-corrected chi connectivity index (χ3v) is 5.32. The zero-order chi connectivity index (χ0) is 19.5. The van der Waals surface area contributed by atoms with Crippen LogP contribution in [0.2, 0.25) is 0 Å². The molecule has 1 aliphatic heterocycles. The van der Waals surface area contributed by atoms with Crippen LogP contribution in [0.1, 0.15) is 34.0 Å². The number of pyridine rings is 1. The van der Waals surface area contributed by atoms with Crippen LogP contribution in [0.15, 0.2) is 66.9 Å². The van der Waals surface area contributed by atoms with E-state index in [1.165, 1.54) is 16.7 Å². The van der Waals surface area contributed by atoms with Crippen LogP contribution in [-0.4, -0.2) is 28.9 Å². The minimum atomic E-state index is 0.0483. The van der Waals surface area contributed by atoms with Gasteiger partial charge >= 0.3 is 0 Å². The zero-order valence-electron chi connectivity index (χ0n) is 16.4. The van der Waals surface area contributed by atoms with Gasteiger partial charge in [-0.05, 0) is 61.2 Å². The fourth-order valence-electron chi connectivity index (χ4n) is 3.80. The summed E-state index contributed by atoms with van der Waals surface area (Å²) in [7, 11) is 0. The molecule has 142 valence electrons. The zero-order valence-corrected chi connectivity index (χ0v) is 16.4. The summed E-state index contributed by atoms with van der Waals surface area (Å²) in [6.07, 6.45) is 2.61. The third kappa shape index (κ3) is 3.63. The fourth-order valence-corrected chi connectivity index (χ4v) is 3.80. The van der Waals surface area contributed by atoms with E-state index < -0.39 is 0 Å². The lowest BCUT2D eigenvalue weighted by Crippen LogP contribution is -2.36. The molecule has 1 amide bonds. The van der Waals surface area contributed by atoms with Crippen molar-refractivity contribution in [3.63, 3.8) is 0 Å². The number of fused-ring (bicyclic) bond motifs is 1. The number of hydrogen-bond acceptors (Lipinski definition) is 3. The van der Waals surface area contributed by atoms with Gasteiger partial charge in [0.2, 0.25) is 0 Å². The van der Waals surface area contributed by atoms with Crippen LogP contribution in [-0.2, 0) is 13.0 Å². The first-order valence-electron chi connectivity index (χ1n) is 9.82. The first kappa shape index (κ1) is 18.2. The highest BCUT2D eigenvalue weighted by molar-refractivity contribution is 5.94. The van der Waals surface area contributed by atoms with E-state index in [0.717, 1.165) is 31.0 Å². The van der Waals surface area contributed by atoms with Crippen molar-refractivity contribution < 1.29 is 4.79 Å². The highest BCUT2D eigenvalue weighted by Gasteiger charge is 2.22. The fraction of sp³-hybridized carbons (Fsp3) is 0.250. The Morgan fingerprint density at radius 3 is 2.61 bits per heavy atom. The molecule has 28 heavy (non-hydrogen) atoms. The molecule has 0 unspecified atom stereocenters. The number of aromatic nitrogens is 1. The smallest absolute Gasteiger partial charge is 0.255 e. The van der Waals surface area contributed by atoms with Gasteiger partial charge in [0.1, 0.15) is 5.82 Å². The van der Waals surface area contributed by atoms with Gasteiger partial charge in [0.15, 0.2) is 0 Å². The standard InChI is InChI=1S/C24H25N3O/c1-3-27(22-10-6-7-18(2)15-22)23-12-11-20(16-25-23)24(28)26-14-13-19-8-4-5-9-21(19)17-26/h4-12,15-16H,3,13-14,17H2,1-2H3. The molecular weight excluding hydrogens is 346 g/mol. The van der Waals surface area contributed by atoms with Crippen molar-refractivity contribution in [1.29, 1.82) is 0 Å². The van der Waals surface area contributed by atoms with E-state index in [-0.39, 0.29) is 5.91 Å². The predicted octanol–water partition coefficient (Wildman–Crippen LogP) is 4.75. The Morgan fingerprint density at radius 2 is 1.89 bits per heavy atom. The van der Waals surface area contributed by atoms with Crippen molar-refractivity contribution in [3.05, 3.63) is 89.1 Å². The predicted molar refractivity (Wildman–Crippen MR) is 113 cm³/mol. The Morgan fingerprint density at radius 1 is 1.07 bits per heavy atom. The van der Waals surface area contributed by atoms with Gasteiger partial charge in [0.25, 0.3) is 5.91 Å². The van der Waals surface area contributed by atoms with Crippen molar-refractivity contribution in [2.75, 3.05) is 18.0 Å². The van der Waals surface area contributed by atoms with Crippen LogP contribution < -0.4 is 4.90 Å². The average Bonchev–Trinajstić information content (AvgIpc) is 2.74. The summed E-state index contributed by atoms with van der Waals surface area (Å²) in [5.74, 6) is 0.904. The molecule has 0 fully saturated rings. The molecule has 1 aliphatic rings. The monoisotopic (exact) mass is 371 g/mol.